The van der Waals surface area contributed by atoms with Crippen LogP contribution in [0.5, 0.6) is 0 Å². The van der Waals surface area contributed by atoms with E-state index in [1.54, 1.807) is 0 Å². The van der Waals surface area contributed by atoms with E-state index in [1.165, 1.54) is 0 Å². The summed E-state index contributed by atoms with van der Waals surface area (Å²) >= 11 is 0. The molecule has 0 unspecified atom stereocenters. The lowest BCUT2D eigenvalue weighted by atomic mass is 10.2. The van der Waals surface area contributed by atoms with Crippen LogP contribution in [0.2, 0.25) is 0 Å². The highest BCUT2D eigenvalue weighted by Gasteiger charge is 2.27. The summed E-state index contributed by atoms with van der Waals surface area (Å²) in [6.07, 6.45) is 0.568. The van der Waals surface area contributed by atoms with E-state index in [4.69, 9.17) is 5.11 Å². The lowest BCUT2D eigenvalue weighted by Crippen LogP contribution is -2.29. The van der Waals surface area contributed by atoms with Crippen molar-refractivity contribution in [3.63, 3.8) is 0 Å². The molecule has 2 N–H and O–H groups in total. The molecule has 0 amide bonds. The molecule has 1 aliphatic rings. The van der Waals surface area contributed by atoms with Crippen LogP contribution < -0.4 is 5.32 Å². The highest BCUT2D eigenvalue weighted by atomic mass is 16.4. The van der Waals surface area contributed by atoms with Crippen molar-refractivity contribution in [2.45, 2.75) is 18.5 Å². The average molecular weight is 142 g/mol. The standard InChI is InChI=1S/C6H10N2O2/c1-7-4-2-5(6(9)10)8-3-4/h4-5,8H,1-3H2,(H,9,10)/t4-,5+/m1/s1. The number of carboxylic acid groups (broad SMARTS) is 1. The Kier molecular flexibility index (Phi) is 2.01. The number of nitrogens with zero attached hydrogens (tertiary/aromatic N) is 1. The van der Waals surface area contributed by atoms with Crippen molar-refractivity contribution in [1.29, 1.82) is 0 Å². The van der Waals surface area contributed by atoms with Gasteiger partial charge in [-0.15, -0.1) is 0 Å². The molecule has 0 bridgehead atoms. The highest BCUT2D eigenvalue weighted by molar-refractivity contribution is 5.74. The SMILES string of the molecule is C=N[C@H]1CN[C@H](C(=O)O)C1. The smallest absolute Gasteiger partial charge is 0.320 e. The molecule has 1 heterocycles. The van der Waals surface area contributed by atoms with E-state index in [2.05, 4.69) is 17.0 Å². The Morgan fingerprint density at radius 3 is 2.80 bits per heavy atom. The van der Waals surface area contributed by atoms with Crippen LogP contribution in [0.25, 0.3) is 0 Å². The molecule has 0 aromatic rings. The Balaban J connectivity index is 2.42. The van der Waals surface area contributed by atoms with Crippen LogP contribution in [0.4, 0.5) is 0 Å². The summed E-state index contributed by atoms with van der Waals surface area (Å²) in [5.74, 6) is -0.800. The lowest BCUT2D eigenvalue weighted by molar-refractivity contribution is -0.139. The fourth-order valence-electron chi connectivity index (χ4n) is 1.04. The third-order valence-corrected chi connectivity index (χ3v) is 1.66. The summed E-state index contributed by atoms with van der Waals surface area (Å²) in [4.78, 5) is 14.1. The van der Waals surface area contributed by atoms with Gasteiger partial charge in [0.2, 0.25) is 0 Å². The molecule has 1 aliphatic heterocycles. The molecule has 0 saturated carbocycles. The predicted octanol–water partition coefficient (Wildman–Crippen LogP) is -0.498. The summed E-state index contributed by atoms with van der Waals surface area (Å²) in [5.41, 5.74) is 0. The second kappa shape index (κ2) is 2.79. The number of carbonyl (C=O) groups is 1. The first-order chi connectivity index (χ1) is 4.74. The Bertz CT molecular complexity index is 158. The molecule has 0 radical (unpaired) electrons. The van der Waals surface area contributed by atoms with Gasteiger partial charge >= 0.3 is 5.97 Å². The summed E-state index contributed by atoms with van der Waals surface area (Å²) in [6, 6.07) is -0.336. The maximum atomic E-state index is 10.3. The first kappa shape index (κ1) is 7.21. The quantitative estimate of drug-likeness (QED) is 0.511. The van der Waals surface area contributed by atoms with Crippen LogP contribution in [0.3, 0.4) is 0 Å². The summed E-state index contributed by atoms with van der Waals surface area (Å²) in [6.45, 7) is 3.99. The Labute approximate surface area is 59.0 Å². The van der Waals surface area contributed by atoms with Crippen LogP contribution >= 0.6 is 0 Å². The molecular weight excluding hydrogens is 132 g/mol. The minimum atomic E-state index is -0.800. The number of hydrogen-bond donors (Lipinski definition) is 2. The van der Waals surface area contributed by atoms with Gasteiger partial charge in [-0.25, -0.2) is 0 Å². The van der Waals surface area contributed by atoms with Crippen LogP contribution in [0, 0.1) is 0 Å². The Morgan fingerprint density at radius 2 is 2.50 bits per heavy atom. The number of aliphatic imine (C=N–C) groups is 1. The van der Waals surface area contributed by atoms with Crippen LogP contribution in [0.15, 0.2) is 4.99 Å². The van der Waals surface area contributed by atoms with E-state index >= 15 is 0 Å². The highest BCUT2D eigenvalue weighted by Crippen LogP contribution is 2.08. The van der Waals surface area contributed by atoms with E-state index in [-0.39, 0.29) is 6.04 Å². The van der Waals surface area contributed by atoms with Gasteiger partial charge in [0.1, 0.15) is 6.04 Å². The molecule has 0 spiro atoms. The van der Waals surface area contributed by atoms with Gasteiger partial charge in [0.05, 0.1) is 6.04 Å². The topological polar surface area (TPSA) is 61.7 Å². The molecule has 0 aliphatic carbocycles. The zero-order valence-electron chi connectivity index (χ0n) is 5.58. The summed E-state index contributed by atoms with van der Waals surface area (Å²) in [7, 11) is 0. The van der Waals surface area contributed by atoms with Crippen molar-refractivity contribution in [3.8, 4) is 0 Å². The van der Waals surface area contributed by atoms with Crippen molar-refractivity contribution in [2.24, 2.45) is 4.99 Å². The average Bonchev–Trinajstić information content (AvgIpc) is 2.34. The Morgan fingerprint density at radius 1 is 1.80 bits per heavy atom. The van der Waals surface area contributed by atoms with Gasteiger partial charge in [-0.3, -0.25) is 9.79 Å². The van der Waals surface area contributed by atoms with Gasteiger partial charge in [0.15, 0.2) is 0 Å². The second-order valence-electron chi connectivity index (χ2n) is 2.37. The molecule has 1 fully saturated rings. The largest absolute Gasteiger partial charge is 0.480 e. The van der Waals surface area contributed by atoms with Crippen molar-refractivity contribution in [3.05, 3.63) is 0 Å². The molecule has 56 valence electrons. The molecule has 2 atom stereocenters. The molecular formula is C6H10N2O2. The monoisotopic (exact) mass is 142 g/mol. The van der Waals surface area contributed by atoms with Crippen molar-refractivity contribution in [1.82, 2.24) is 5.32 Å². The van der Waals surface area contributed by atoms with Crippen LogP contribution in [-0.2, 0) is 4.79 Å². The zero-order chi connectivity index (χ0) is 7.56. The molecule has 0 aromatic carbocycles. The second-order valence-corrected chi connectivity index (χ2v) is 2.37. The first-order valence-electron chi connectivity index (χ1n) is 3.16. The van der Waals surface area contributed by atoms with Gasteiger partial charge in [0.25, 0.3) is 0 Å². The van der Waals surface area contributed by atoms with Crippen molar-refractivity contribution >= 4 is 12.7 Å². The number of rotatable bonds is 2. The molecule has 10 heavy (non-hydrogen) atoms. The van der Waals surface area contributed by atoms with Crippen LogP contribution in [-0.4, -0.2) is 36.4 Å². The van der Waals surface area contributed by atoms with Gasteiger partial charge in [0, 0.05) is 6.54 Å². The number of nitrogens with one attached hydrogen (secondary N) is 1. The molecule has 1 saturated heterocycles. The van der Waals surface area contributed by atoms with E-state index in [1.807, 2.05) is 0 Å². The van der Waals surface area contributed by atoms with Gasteiger partial charge in [-0.1, -0.05) is 0 Å². The lowest BCUT2D eigenvalue weighted by Gasteiger charge is -2.00. The van der Waals surface area contributed by atoms with Gasteiger partial charge in [-0.05, 0) is 13.1 Å². The predicted molar refractivity (Wildman–Crippen MR) is 37.4 cm³/mol. The molecule has 0 aromatic heterocycles. The van der Waals surface area contributed by atoms with E-state index < -0.39 is 12.0 Å². The van der Waals surface area contributed by atoms with Gasteiger partial charge < -0.3 is 10.4 Å². The fourth-order valence-corrected chi connectivity index (χ4v) is 1.04. The third-order valence-electron chi connectivity index (χ3n) is 1.66. The molecule has 4 heteroatoms. The van der Waals surface area contributed by atoms with Crippen molar-refractivity contribution < 1.29 is 9.90 Å². The van der Waals surface area contributed by atoms with E-state index in [9.17, 15) is 4.79 Å². The fraction of sp³-hybridized carbons (Fsp3) is 0.667. The van der Waals surface area contributed by atoms with E-state index in [0.29, 0.717) is 13.0 Å². The first-order valence-corrected chi connectivity index (χ1v) is 3.16. The third kappa shape index (κ3) is 1.33. The van der Waals surface area contributed by atoms with Crippen LogP contribution in [0.1, 0.15) is 6.42 Å². The normalized spacial score (nSPS) is 32.0. The van der Waals surface area contributed by atoms with Gasteiger partial charge in [-0.2, -0.15) is 0 Å². The summed E-state index contributed by atoms with van der Waals surface area (Å²) in [5, 5.41) is 11.3. The molecule has 1 rings (SSSR count). The minimum absolute atomic E-state index is 0.0844. The van der Waals surface area contributed by atoms with E-state index in [0.717, 1.165) is 0 Å². The molecule has 4 nitrogen and oxygen atoms in total. The number of aliphatic carboxylic acids is 1. The maximum Gasteiger partial charge on any atom is 0.320 e. The zero-order valence-corrected chi connectivity index (χ0v) is 5.58. The Hall–Kier alpha value is -0.900. The number of hydrogen-bond acceptors (Lipinski definition) is 3. The number of carboxylic acids is 1. The van der Waals surface area contributed by atoms with Crippen molar-refractivity contribution in [2.75, 3.05) is 6.54 Å². The summed E-state index contributed by atoms with van der Waals surface area (Å²) < 4.78 is 0. The maximum absolute atomic E-state index is 10.3. The minimum Gasteiger partial charge on any atom is -0.480 e.